The number of nitrogens with zero attached hydrogens (tertiary/aromatic N) is 4. The lowest BCUT2D eigenvalue weighted by atomic mass is 10.0. The molecule has 8 heteroatoms. The van der Waals surface area contributed by atoms with Crippen molar-refractivity contribution in [3.63, 3.8) is 0 Å². The first-order valence-corrected chi connectivity index (χ1v) is 6.59. The second-order valence-corrected chi connectivity index (χ2v) is 4.96. The van der Waals surface area contributed by atoms with Crippen molar-refractivity contribution in [1.82, 2.24) is 30.0 Å². The zero-order valence-electron chi connectivity index (χ0n) is 11.5. The van der Waals surface area contributed by atoms with Gasteiger partial charge in [0.15, 0.2) is 0 Å². The van der Waals surface area contributed by atoms with E-state index >= 15 is 0 Å². The molecule has 3 aromatic heterocycles. The summed E-state index contributed by atoms with van der Waals surface area (Å²) in [6.45, 7) is 1.71. The first-order valence-electron chi connectivity index (χ1n) is 6.59. The van der Waals surface area contributed by atoms with Crippen LogP contribution in [-0.2, 0) is 13.6 Å². The summed E-state index contributed by atoms with van der Waals surface area (Å²) in [5.74, 6) is 0.847. The molecule has 1 atom stereocenters. The molecule has 0 aromatic carbocycles. The van der Waals surface area contributed by atoms with Crippen LogP contribution in [0, 0.1) is 0 Å². The molecule has 110 valence electrons. The van der Waals surface area contributed by atoms with Gasteiger partial charge in [-0.15, -0.1) is 12.4 Å². The molecule has 0 saturated heterocycles. The second-order valence-electron chi connectivity index (χ2n) is 4.96. The molecule has 0 radical (unpaired) electrons. The molecule has 0 aliphatic carbocycles. The molecule has 0 bridgehead atoms. The van der Waals surface area contributed by atoms with Gasteiger partial charge in [-0.25, -0.2) is 9.97 Å². The molecule has 3 N–H and O–H groups in total. The Morgan fingerprint density at radius 3 is 3.19 bits per heavy atom. The maximum atomic E-state index is 4.36. The predicted molar refractivity (Wildman–Crippen MR) is 82.4 cm³/mol. The molecule has 1 aliphatic rings. The summed E-state index contributed by atoms with van der Waals surface area (Å²) >= 11 is 0. The number of aryl methyl sites for hydroxylation is 1. The molecule has 0 amide bonds. The lowest BCUT2D eigenvalue weighted by Crippen LogP contribution is -2.33. The Balaban J connectivity index is 0.00000132. The Labute approximate surface area is 127 Å². The highest BCUT2D eigenvalue weighted by Crippen LogP contribution is 2.27. The van der Waals surface area contributed by atoms with Gasteiger partial charge in [-0.1, -0.05) is 0 Å². The highest BCUT2D eigenvalue weighted by Gasteiger charge is 2.23. The van der Waals surface area contributed by atoms with E-state index < -0.39 is 0 Å². The Kier molecular flexibility index (Phi) is 3.52. The van der Waals surface area contributed by atoms with E-state index in [2.05, 4.69) is 30.7 Å². The molecule has 0 fully saturated rings. The molecule has 4 heterocycles. The van der Waals surface area contributed by atoms with E-state index in [1.165, 1.54) is 11.3 Å². The number of fused-ring (bicyclic) bond motifs is 2. The Hall–Kier alpha value is -2.12. The molecule has 0 spiro atoms. The number of anilines is 1. The molecule has 21 heavy (non-hydrogen) atoms. The quantitative estimate of drug-likeness (QED) is 0.666. The minimum absolute atomic E-state index is 0. The van der Waals surface area contributed by atoms with Gasteiger partial charge in [0.05, 0.1) is 23.3 Å². The monoisotopic (exact) mass is 305 g/mol. The zero-order valence-corrected chi connectivity index (χ0v) is 12.3. The number of hydrogen-bond donors (Lipinski definition) is 3. The van der Waals surface area contributed by atoms with E-state index in [1.54, 1.807) is 6.33 Å². The molecular weight excluding hydrogens is 290 g/mol. The maximum absolute atomic E-state index is 4.36. The third kappa shape index (κ3) is 2.24. The van der Waals surface area contributed by atoms with Crippen LogP contribution in [0.2, 0.25) is 0 Å². The lowest BCUT2D eigenvalue weighted by Gasteiger charge is -2.25. The third-order valence-corrected chi connectivity index (χ3v) is 3.78. The van der Waals surface area contributed by atoms with Crippen LogP contribution < -0.4 is 10.6 Å². The van der Waals surface area contributed by atoms with E-state index in [9.17, 15) is 0 Å². The van der Waals surface area contributed by atoms with E-state index in [4.69, 9.17) is 0 Å². The fourth-order valence-corrected chi connectivity index (χ4v) is 2.71. The van der Waals surface area contributed by atoms with Crippen molar-refractivity contribution in [2.75, 3.05) is 11.9 Å². The summed E-state index contributed by atoms with van der Waals surface area (Å²) in [6, 6.07) is 2.15. The largest absolute Gasteiger partial charge is 0.361 e. The van der Waals surface area contributed by atoms with Crippen molar-refractivity contribution < 1.29 is 0 Å². The summed E-state index contributed by atoms with van der Waals surface area (Å²) < 4.78 is 1.92. The van der Waals surface area contributed by atoms with Gasteiger partial charge >= 0.3 is 0 Å². The fourth-order valence-electron chi connectivity index (χ4n) is 2.71. The molecule has 3 aromatic rings. The average molecular weight is 306 g/mol. The second kappa shape index (κ2) is 5.34. The van der Waals surface area contributed by atoms with Crippen LogP contribution in [0.3, 0.4) is 0 Å². The summed E-state index contributed by atoms with van der Waals surface area (Å²) in [4.78, 5) is 11.7. The van der Waals surface area contributed by atoms with Crippen molar-refractivity contribution in [2.24, 2.45) is 7.05 Å². The Morgan fingerprint density at radius 2 is 2.29 bits per heavy atom. The number of rotatable bonds is 2. The lowest BCUT2D eigenvalue weighted by molar-refractivity contribution is 0.548. The first-order chi connectivity index (χ1) is 9.83. The smallest absolute Gasteiger partial charge is 0.142 e. The Morgan fingerprint density at radius 1 is 1.38 bits per heavy atom. The number of halogens is 1. The number of nitrogens with one attached hydrogen (secondary N) is 3. The molecule has 1 unspecified atom stereocenters. The predicted octanol–water partition coefficient (Wildman–Crippen LogP) is 1.37. The SMILES string of the molecule is Cl.Cn1ncc2c1CNCC2Nc1ncnc2[nH]ccc12. The van der Waals surface area contributed by atoms with Crippen LogP contribution in [0.5, 0.6) is 0 Å². The van der Waals surface area contributed by atoms with E-state index in [-0.39, 0.29) is 18.4 Å². The first kappa shape index (κ1) is 13.8. The minimum atomic E-state index is 0. The van der Waals surface area contributed by atoms with Gasteiger partial charge in [-0.3, -0.25) is 4.68 Å². The van der Waals surface area contributed by atoms with Crippen LogP contribution in [0.1, 0.15) is 17.3 Å². The molecule has 4 rings (SSSR count). The number of aromatic amines is 1. The van der Waals surface area contributed by atoms with Crippen LogP contribution in [0.4, 0.5) is 5.82 Å². The van der Waals surface area contributed by atoms with Crippen LogP contribution in [0.25, 0.3) is 11.0 Å². The van der Waals surface area contributed by atoms with Crippen LogP contribution in [-0.4, -0.2) is 31.3 Å². The van der Waals surface area contributed by atoms with Gasteiger partial charge in [-0.05, 0) is 6.07 Å². The number of H-pyrrole nitrogens is 1. The standard InChI is InChI=1S/C13H15N7.ClH/c1-20-11-6-14-5-10(9(11)4-18-20)19-13-8-2-3-15-12(8)16-7-17-13;/h2-4,7,10,14H,5-6H2,1H3,(H2,15,16,17,19);1H. The van der Waals surface area contributed by atoms with Crippen LogP contribution >= 0.6 is 12.4 Å². The molecular formula is C13H16ClN7. The van der Waals surface area contributed by atoms with E-state index in [0.29, 0.717) is 0 Å². The topological polar surface area (TPSA) is 83.4 Å². The van der Waals surface area contributed by atoms with Gasteiger partial charge in [0.2, 0.25) is 0 Å². The third-order valence-electron chi connectivity index (χ3n) is 3.78. The maximum Gasteiger partial charge on any atom is 0.142 e. The van der Waals surface area contributed by atoms with Crippen molar-refractivity contribution in [2.45, 2.75) is 12.6 Å². The van der Waals surface area contributed by atoms with Gasteiger partial charge in [0.1, 0.15) is 17.8 Å². The summed E-state index contributed by atoms with van der Waals surface area (Å²) in [7, 11) is 1.97. The van der Waals surface area contributed by atoms with Crippen molar-refractivity contribution in [1.29, 1.82) is 0 Å². The average Bonchev–Trinajstić information content (AvgIpc) is 3.08. The van der Waals surface area contributed by atoms with Crippen molar-refractivity contribution in [3.05, 3.63) is 36.0 Å². The molecule has 7 nitrogen and oxygen atoms in total. The van der Waals surface area contributed by atoms with Crippen LogP contribution in [0.15, 0.2) is 24.8 Å². The summed E-state index contributed by atoms with van der Waals surface area (Å²) in [6.07, 6.45) is 5.38. The van der Waals surface area contributed by atoms with Gasteiger partial charge in [0, 0.05) is 31.9 Å². The molecule has 0 saturated carbocycles. The summed E-state index contributed by atoms with van der Waals surface area (Å²) in [5, 5.41) is 12.2. The van der Waals surface area contributed by atoms with E-state index in [0.717, 1.165) is 29.9 Å². The highest BCUT2D eigenvalue weighted by molar-refractivity contribution is 5.86. The van der Waals surface area contributed by atoms with Gasteiger partial charge in [-0.2, -0.15) is 5.10 Å². The fraction of sp³-hybridized carbons (Fsp3) is 0.308. The number of aromatic nitrogens is 5. The number of hydrogen-bond acceptors (Lipinski definition) is 5. The minimum Gasteiger partial charge on any atom is -0.361 e. The Bertz CT molecular complexity index is 763. The van der Waals surface area contributed by atoms with Gasteiger partial charge in [0.25, 0.3) is 0 Å². The summed E-state index contributed by atoms with van der Waals surface area (Å²) in [5.41, 5.74) is 3.29. The van der Waals surface area contributed by atoms with Crippen molar-refractivity contribution in [3.8, 4) is 0 Å². The molecule has 1 aliphatic heterocycles. The highest BCUT2D eigenvalue weighted by atomic mass is 35.5. The van der Waals surface area contributed by atoms with Crippen molar-refractivity contribution >= 4 is 29.3 Å². The zero-order chi connectivity index (χ0) is 13.5. The normalized spacial score (nSPS) is 17.3. The van der Waals surface area contributed by atoms with E-state index in [1.807, 2.05) is 30.2 Å². The van der Waals surface area contributed by atoms with Gasteiger partial charge < -0.3 is 15.6 Å².